The molecule has 0 atom stereocenters. The summed E-state index contributed by atoms with van der Waals surface area (Å²) in [6.45, 7) is 48.9. The van der Waals surface area contributed by atoms with Crippen LogP contribution in [0.3, 0.4) is 0 Å². The Morgan fingerprint density at radius 2 is 0.415 bits per heavy atom. The summed E-state index contributed by atoms with van der Waals surface area (Å²) in [6.07, 6.45) is 0. The van der Waals surface area contributed by atoms with Crippen molar-refractivity contribution in [3.63, 3.8) is 0 Å². The lowest BCUT2D eigenvalue weighted by molar-refractivity contribution is 0.469. The van der Waals surface area contributed by atoms with E-state index in [0.29, 0.717) is 21.7 Å². The smallest absolute Gasteiger partial charge is 0.0132 e. The van der Waals surface area contributed by atoms with Crippen molar-refractivity contribution in [2.45, 2.75) is 180 Å². The molecule has 252 valence electrons. The van der Waals surface area contributed by atoms with Gasteiger partial charge in [0.15, 0.2) is 0 Å². The third-order valence-electron chi connectivity index (χ3n) is 2.31. The molecule has 41 heavy (non-hydrogen) atoms. The summed E-state index contributed by atoms with van der Waals surface area (Å²) in [7, 11) is 0. The van der Waals surface area contributed by atoms with Crippen LogP contribution in [0.25, 0.3) is 0 Å². The van der Waals surface area contributed by atoms with Crippen LogP contribution in [-0.4, -0.2) is 0 Å². The maximum atomic E-state index is 2.22. The maximum absolute atomic E-state index is 2.22. The van der Waals surface area contributed by atoms with Crippen LogP contribution in [-0.2, 0) is 5.41 Å². The van der Waals surface area contributed by atoms with Crippen LogP contribution in [0.2, 0.25) is 0 Å². The summed E-state index contributed by atoms with van der Waals surface area (Å²) in [6, 6.07) is 22.6. The number of rotatable bonds is 0. The van der Waals surface area contributed by atoms with Gasteiger partial charge in [-0.25, -0.2) is 0 Å². The molecule has 0 radical (unpaired) electrons. The maximum Gasteiger partial charge on any atom is -0.0132 e. The summed E-state index contributed by atoms with van der Waals surface area (Å²) in [5.74, 6) is 0. The topological polar surface area (TPSA) is 0 Å². The summed E-state index contributed by atoms with van der Waals surface area (Å²) < 4.78 is 0. The minimum atomic E-state index is 0. The molecule has 0 aliphatic rings. The lowest BCUT2D eigenvalue weighted by atomic mass is 9.87. The zero-order chi connectivity index (χ0) is 33.4. The number of benzene rings is 2. The van der Waals surface area contributed by atoms with Gasteiger partial charge in [0.1, 0.15) is 0 Å². The second-order valence-corrected chi connectivity index (χ2v) is 13.8. The summed E-state index contributed by atoms with van der Waals surface area (Å²) >= 11 is 0. The first-order valence-electron chi connectivity index (χ1n) is 15.7. The summed E-state index contributed by atoms with van der Waals surface area (Å²) in [5, 5.41) is 0. The van der Waals surface area contributed by atoms with E-state index >= 15 is 0 Å². The van der Waals surface area contributed by atoms with Gasteiger partial charge in [-0.2, -0.15) is 0 Å². The molecular formula is C41H88. The van der Waals surface area contributed by atoms with Crippen LogP contribution in [0.4, 0.5) is 0 Å². The standard InChI is InChI=1S/C10H14.C6H6.3C5H12.4C2H6.2CH4/c1-10(2,3)9-7-5-4-6-8-9;1-2-4-6-5-3-1;3*1-5(2,3)4;4*1-2;;/h4-8H,1-3H3;1-6H;3*1-4H3;4*1-2H3;2*1H4. The fraction of sp³-hybridized carbons (Fsp3) is 0.707. The lowest BCUT2D eigenvalue weighted by Crippen LogP contribution is -2.10. The Balaban J connectivity index is -0.0000000425. The minimum Gasteiger partial charge on any atom is -0.0776 e. The van der Waals surface area contributed by atoms with Crippen molar-refractivity contribution >= 4 is 0 Å². The Labute approximate surface area is 267 Å². The molecule has 0 aliphatic heterocycles. The quantitative estimate of drug-likeness (QED) is 0.291. The van der Waals surface area contributed by atoms with E-state index in [1.54, 1.807) is 0 Å². The van der Waals surface area contributed by atoms with Gasteiger partial charge in [0.2, 0.25) is 0 Å². The van der Waals surface area contributed by atoms with Crippen molar-refractivity contribution in [2.24, 2.45) is 16.2 Å². The Morgan fingerprint density at radius 3 is 0.512 bits per heavy atom. The van der Waals surface area contributed by atoms with E-state index in [1.165, 1.54) is 5.56 Å². The molecule has 0 N–H and O–H groups in total. The van der Waals surface area contributed by atoms with Gasteiger partial charge < -0.3 is 0 Å². The van der Waals surface area contributed by atoms with E-state index in [0.717, 1.165) is 0 Å². The molecule has 0 aliphatic carbocycles. The van der Waals surface area contributed by atoms with E-state index in [-0.39, 0.29) is 14.9 Å². The molecule has 0 spiro atoms. The van der Waals surface area contributed by atoms with Crippen molar-refractivity contribution in [3.8, 4) is 0 Å². The SMILES string of the molecule is C.C.CC.CC.CC.CC.CC(C)(C)C.CC(C)(C)C.CC(C)(C)C.CC(C)(C)c1ccccc1.c1ccccc1. The van der Waals surface area contributed by atoms with E-state index < -0.39 is 0 Å². The molecule has 0 saturated heterocycles. The molecule has 0 heteroatoms. The van der Waals surface area contributed by atoms with Crippen LogP contribution in [0.1, 0.15) is 180 Å². The molecule has 0 heterocycles. The summed E-state index contributed by atoms with van der Waals surface area (Å²) in [5.41, 5.74) is 3.19. The van der Waals surface area contributed by atoms with Gasteiger partial charge in [-0.05, 0) is 27.2 Å². The van der Waals surface area contributed by atoms with Crippen molar-refractivity contribution in [1.82, 2.24) is 0 Å². The van der Waals surface area contributed by atoms with Crippen molar-refractivity contribution in [2.75, 3.05) is 0 Å². The molecule has 2 aromatic rings. The number of hydrogen-bond donors (Lipinski definition) is 0. The zero-order valence-electron chi connectivity index (χ0n) is 31.9. The molecule has 0 nitrogen and oxygen atoms in total. The van der Waals surface area contributed by atoms with Crippen LogP contribution in [0, 0.1) is 16.2 Å². The average molecular weight is 581 g/mol. The van der Waals surface area contributed by atoms with Crippen LogP contribution in [0.5, 0.6) is 0 Å². The third-order valence-corrected chi connectivity index (χ3v) is 2.31. The molecule has 0 unspecified atom stereocenters. The van der Waals surface area contributed by atoms with Gasteiger partial charge in [0.25, 0.3) is 0 Å². The fourth-order valence-electron chi connectivity index (χ4n) is 1.32. The number of hydrogen-bond acceptors (Lipinski definition) is 0. The minimum absolute atomic E-state index is 0. The van der Waals surface area contributed by atoms with E-state index in [1.807, 2.05) is 91.8 Å². The molecule has 0 saturated carbocycles. The normalized spacial score (nSPS) is 8.95. The predicted molar refractivity (Wildman–Crippen MR) is 206 cm³/mol. The van der Waals surface area contributed by atoms with Crippen molar-refractivity contribution in [3.05, 3.63) is 72.3 Å². The van der Waals surface area contributed by atoms with Gasteiger partial charge in [0.05, 0.1) is 0 Å². The predicted octanol–water partition coefficient (Wildman–Crippen LogP) is 16.2. The zero-order valence-corrected chi connectivity index (χ0v) is 31.9. The first kappa shape index (κ1) is 62.9. The molecule has 0 amide bonds. The van der Waals surface area contributed by atoms with Gasteiger partial charge in [-0.3, -0.25) is 0 Å². The molecule has 0 aromatic heterocycles. The highest BCUT2D eigenvalue weighted by molar-refractivity contribution is 5.22. The average Bonchev–Trinajstić information content (AvgIpc) is 2.83. The first-order chi connectivity index (χ1) is 17.6. The van der Waals surface area contributed by atoms with Crippen LogP contribution >= 0.6 is 0 Å². The highest BCUT2D eigenvalue weighted by atomic mass is 14.2. The molecular weight excluding hydrogens is 492 g/mol. The molecule has 0 fully saturated rings. The third kappa shape index (κ3) is 150. The van der Waals surface area contributed by atoms with Crippen LogP contribution < -0.4 is 0 Å². The Bertz CT molecular complexity index is 520. The second kappa shape index (κ2) is 40.6. The van der Waals surface area contributed by atoms with E-state index in [4.69, 9.17) is 0 Å². The van der Waals surface area contributed by atoms with Crippen LogP contribution in [0.15, 0.2) is 66.7 Å². The first-order valence-corrected chi connectivity index (χ1v) is 15.7. The Kier molecular flexibility index (Phi) is 62.2. The second-order valence-electron chi connectivity index (χ2n) is 13.8. The molecule has 2 rings (SSSR count). The lowest BCUT2D eigenvalue weighted by Gasteiger charge is -2.18. The fourth-order valence-corrected chi connectivity index (χ4v) is 1.32. The molecule has 2 aromatic carbocycles. The van der Waals surface area contributed by atoms with Crippen molar-refractivity contribution in [1.29, 1.82) is 0 Å². The highest BCUT2D eigenvalue weighted by Gasteiger charge is 2.11. The van der Waals surface area contributed by atoms with Gasteiger partial charge in [-0.15, -0.1) is 0 Å². The van der Waals surface area contributed by atoms with E-state index in [9.17, 15) is 0 Å². The van der Waals surface area contributed by atoms with Gasteiger partial charge in [0, 0.05) is 0 Å². The Hall–Kier alpha value is -1.56. The largest absolute Gasteiger partial charge is 0.0776 e. The molecule has 0 bridgehead atoms. The van der Waals surface area contributed by atoms with Gasteiger partial charge >= 0.3 is 0 Å². The van der Waals surface area contributed by atoms with Crippen molar-refractivity contribution < 1.29 is 0 Å². The summed E-state index contributed by atoms with van der Waals surface area (Å²) in [4.78, 5) is 0. The monoisotopic (exact) mass is 581 g/mol. The van der Waals surface area contributed by atoms with E-state index in [2.05, 4.69) is 134 Å². The van der Waals surface area contributed by atoms with Gasteiger partial charge in [-0.1, -0.05) is 241 Å². The Morgan fingerprint density at radius 1 is 0.293 bits per heavy atom. The highest BCUT2D eigenvalue weighted by Crippen LogP contribution is 2.20.